The molecule has 0 fully saturated rings. The number of rotatable bonds is 5. The Hall–Kier alpha value is -1.46. The number of halogens is 1. The molecule has 96 valence electrons. The average Bonchev–Trinajstić information content (AvgIpc) is 2.78. The molecule has 1 aromatic heterocycles. The second-order valence-corrected chi connectivity index (χ2v) is 5.29. The number of nitrogens with one attached hydrogen (secondary N) is 1. The third-order valence-electron chi connectivity index (χ3n) is 2.42. The van der Waals surface area contributed by atoms with Gasteiger partial charge in [0.2, 0.25) is 0 Å². The molecule has 0 aliphatic rings. The quantitative estimate of drug-likeness (QED) is 0.904. The van der Waals surface area contributed by atoms with Gasteiger partial charge in [0.1, 0.15) is 17.3 Å². The highest BCUT2D eigenvalue weighted by atomic mass is 32.2. The fourth-order valence-corrected chi connectivity index (χ4v) is 2.59. The SMILES string of the molecule is CNCc1ccc(CS(=O)c2ccc(F)cc2)o1. The van der Waals surface area contributed by atoms with Gasteiger partial charge in [-0.2, -0.15) is 0 Å². The zero-order valence-electron chi connectivity index (χ0n) is 9.98. The number of hydrogen-bond donors (Lipinski definition) is 1. The van der Waals surface area contributed by atoms with E-state index >= 15 is 0 Å². The normalized spacial score (nSPS) is 12.6. The van der Waals surface area contributed by atoms with Gasteiger partial charge in [-0.25, -0.2) is 4.39 Å². The van der Waals surface area contributed by atoms with Gasteiger partial charge in [0, 0.05) is 4.90 Å². The molecule has 5 heteroatoms. The lowest BCUT2D eigenvalue weighted by molar-refractivity contribution is 0.467. The summed E-state index contributed by atoms with van der Waals surface area (Å²) >= 11 is 0. The Balaban J connectivity index is 2.04. The first-order valence-corrected chi connectivity index (χ1v) is 6.87. The molecule has 18 heavy (non-hydrogen) atoms. The maximum atomic E-state index is 12.7. The lowest BCUT2D eigenvalue weighted by atomic mass is 10.4. The largest absolute Gasteiger partial charge is 0.464 e. The molecule has 1 atom stereocenters. The maximum absolute atomic E-state index is 12.7. The van der Waals surface area contributed by atoms with Crippen LogP contribution in [0, 0.1) is 5.82 Å². The Bertz CT molecular complexity index is 536. The van der Waals surface area contributed by atoms with Crippen molar-refractivity contribution in [2.45, 2.75) is 17.2 Å². The van der Waals surface area contributed by atoms with E-state index in [2.05, 4.69) is 5.32 Å². The molecule has 3 nitrogen and oxygen atoms in total. The van der Waals surface area contributed by atoms with Crippen molar-refractivity contribution in [3.63, 3.8) is 0 Å². The van der Waals surface area contributed by atoms with Crippen LogP contribution in [-0.4, -0.2) is 11.3 Å². The molecule has 1 aromatic carbocycles. The monoisotopic (exact) mass is 267 g/mol. The molecular formula is C13H14FNO2S. The van der Waals surface area contributed by atoms with Gasteiger partial charge in [-0.1, -0.05) is 0 Å². The van der Waals surface area contributed by atoms with Crippen molar-refractivity contribution in [2.24, 2.45) is 0 Å². The third kappa shape index (κ3) is 3.27. The molecule has 1 unspecified atom stereocenters. The van der Waals surface area contributed by atoms with Crippen LogP contribution in [0.1, 0.15) is 11.5 Å². The molecule has 0 saturated heterocycles. The van der Waals surface area contributed by atoms with Gasteiger partial charge in [0.05, 0.1) is 23.1 Å². The molecule has 2 rings (SSSR count). The Morgan fingerprint density at radius 1 is 1.17 bits per heavy atom. The van der Waals surface area contributed by atoms with Crippen molar-refractivity contribution >= 4 is 10.8 Å². The molecule has 0 radical (unpaired) electrons. The fraction of sp³-hybridized carbons (Fsp3) is 0.231. The van der Waals surface area contributed by atoms with Crippen molar-refractivity contribution < 1.29 is 13.0 Å². The summed E-state index contributed by atoms with van der Waals surface area (Å²) < 4.78 is 30.3. The molecule has 0 bridgehead atoms. The molecule has 0 aliphatic heterocycles. The summed E-state index contributed by atoms with van der Waals surface area (Å²) in [6.45, 7) is 0.642. The second kappa shape index (κ2) is 5.93. The van der Waals surface area contributed by atoms with Crippen LogP contribution in [0.4, 0.5) is 4.39 Å². The van der Waals surface area contributed by atoms with Gasteiger partial charge in [-0.05, 0) is 43.4 Å². The second-order valence-electron chi connectivity index (χ2n) is 3.84. The zero-order valence-corrected chi connectivity index (χ0v) is 10.8. The Morgan fingerprint density at radius 2 is 1.83 bits per heavy atom. The van der Waals surface area contributed by atoms with E-state index in [0.717, 1.165) is 5.76 Å². The van der Waals surface area contributed by atoms with E-state index < -0.39 is 10.8 Å². The first-order valence-electron chi connectivity index (χ1n) is 5.55. The van der Waals surface area contributed by atoms with Crippen LogP contribution in [0.15, 0.2) is 45.7 Å². The van der Waals surface area contributed by atoms with Gasteiger partial charge < -0.3 is 9.73 Å². The maximum Gasteiger partial charge on any atom is 0.123 e. The first-order chi connectivity index (χ1) is 8.69. The summed E-state index contributed by atoms with van der Waals surface area (Å²) in [6.07, 6.45) is 0. The molecule has 0 aliphatic carbocycles. The minimum Gasteiger partial charge on any atom is -0.464 e. The minimum absolute atomic E-state index is 0.301. The summed E-state index contributed by atoms with van der Waals surface area (Å²) in [4.78, 5) is 0.600. The summed E-state index contributed by atoms with van der Waals surface area (Å²) in [5.41, 5.74) is 0. The van der Waals surface area contributed by atoms with Gasteiger partial charge in [0.25, 0.3) is 0 Å². The van der Waals surface area contributed by atoms with Crippen molar-refractivity contribution in [1.29, 1.82) is 0 Å². The molecule has 0 spiro atoms. The van der Waals surface area contributed by atoms with Crippen LogP contribution < -0.4 is 5.32 Å². The van der Waals surface area contributed by atoms with E-state index in [1.165, 1.54) is 24.3 Å². The predicted molar refractivity (Wildman–Crippen MR) is 68.0 cm³/mol. The summed E-state index contributed by atoms with van der Waals surface area (Å²) in [5, 5.41) is 2.98. The van der Waals surface area contributed by atoms with E-state index in [1.807, 2.05) is 19.2 Å². The van der Waals surface area contributed by atoms with Crippen LogP contribution in [0.3, 0.4) is 0 Å². The highest BCUT2D eigenvalue weighted by Crippen LogP contribution is 2.15. The number of furan rings is 1. The van der Waals surface area contributed by atoms with Crippen molar-refractivity contribution in [3.8, 4) is 0 Å². The van der Waals surface area contributed by atoms with Crippen LogP contribution >= 0.6 is 0 Å². The average molecular weight is 267 g/mol. The van der Waals surface area contributed by atoms with Gasteiger partial charge in [-0.3, -0.25) is 4.21 Å². The third-order valence-corrected chi connectivity index (χ3v) is 3.76. The van der Waals surface area contributed by atoms with E-state index in [4.69, 9.17) is 4.42 Å². The zero-order chi connectivity index (χ0) is 13.0. The van der Waals surface area contributed by atoms with Gasteiger partial charge in [-0.15, -0.1) is 0 Å². The van der Waals surface area contributed by atoms with Crippen molar-refractivity contribution in [2.75, 3.05) is 7.05 Å². The van der Waals surface area contributed by atoms with E-state index in [-0.39, 0.29) is 5.82 Å². The molecule has 2 aromatic rings. The standard InChI is InChI=1S/C13H14FNO2S/c1-15-8-11-4-5-12(17-11)9-18(16)13-6-2-10(14)3-7-13/h2-7,15H,8-9H2,1H3. The van der Waals surface area contributed by atoms with Crippen LogP contribution in [-0.2, 0) is 23.1 Å². The molecule has 0 saturated carbocycles. The van der Waals surface area contributed by atoms with Crippen molar-refractivity contribution in [1.82, 2.24) is 5.32 Å². The van der Waals surface area contributed by atoms with E-state index in [0.29, 0.717) is 23.0 Å². The van der Waals surface area contributed by atoms with Crippen molar-refractivity contribution in [3.05, 3.63) is 53.7 Å². The highest BCUT2D eigenvalue weighted by molar-refractivity contribution is 7.84. The summed E-state index contributed by atoms with van der Waals surface area (Å²) in [7, 11) is 0.618. The first kappa shape index (κ1) is 13.0. The fourth-order valence-electron chi connectivity index (χ4n) is 1.57. The minimum atomic E-state index is -1.21. The van der Waals surface area contributed by atoms with Gasteiger partial charge >= 0.3 is 0 Å². The lowest BCUT2D eigenvalue weighted by Crippen LogP contribution is -2.03. The number of benzene rings is 1. The Labute approximate surface area is 107 Å². The predicted octanol–water partition coefficient (Wildman–Crippen LogP) is 2.45. The molecule has 0 amide bonds. The molecule has 1 N–H and O–H groups in total. The lowest BCUT2D eigenvalue weighted by Gasteiger charge is -2.00. The van der Waals surface area contributed by atoms with Crippen LogP contribution in [0.5, 0.6) is 0 Å². The van der Waals surface area contributed by atoms with E-state index in [1.54, 1.807) is 0 Å². The summed E-state index contributed by atoms with van der Waals surface area (Å²) in [5.74, 6) is 1.45. The van der Waals surface area contributed by atoms with Crippen LogP contribution in [0.25, 0.3) is 0 Å². The summed E-state index contributed by atoms with van der Waals surface area (Å²) in [6, 6.07) is 9.34. The molecule has 1 heterocycles. The van der Waals surface area contributed by atoms with E-state index in [9.17, 15) is 8.60 Å². The van der Waals surface area contributed by atoms with Gasteiger partial charge in [0.15, 0.2) is 0 Å². The number of hydrogen-bond acceptors (Lipinski definition) is 3. The highest BCUT2D eigenvalue weighted by Gasteiger charge is 2.08. The Kier molecular flexibility index (Phi) is 4.28. The Morgan fingerprint density at radius 3 is 2.50 bits per heavy atom. The topological polar surface area (TPSA) is 42.2 Å². The smallest absolute Gasteiger partial charge is 0.123 e. The van der Waals surface area contributed by atoms with Crippen LogP contribution in [0.2, 0.25) is 0 Å². The molecular weight excluding hydrogens is 253 g/mol.